The number of rotatable bonds is 13. The molecule has 0 radical (unpaired) electrons. The number of esters is 2. The van der Waals surface area contributed by atoms with Gasteiger partial charge in [0.1, 0.15) is 30.3 Å². The third-order valence-electron chi connectivity index (χ3n) is 25.7. The van der Waals surface area contributed by atoms with E-state index in [1.54, 1.807) is 206 Å². The van der Waals surface area contributed by atoms with E-state index in [9.17, 15) is 121 Å². The van der Waals surface area contributed by atoms with Crippen molar-refractivity contribution in [2.45, 2.75) is 359 Å². The van der Waals surface area contributed by atoms with Crippen LogP contribution in [0.2, 0.25) is 0 Å². The molecule has 6 aliphatic rings. The highest BCUT2D eigenvalue weighted by molar-refractivity contribution is 5.86. The van der Waals surface area contributed by atoms with Gasteiger partial charge in [0.05, 0.1) is 159 Å². The first-order valence-electron chi connectivity index (χ1n) is 47.6. The predicted molar refractivity (Wildman–Crippen MR) is 505 cm³/mol. The van der Waals surface area contributed by atoms with E-state index < -0.39 is 319 Å². The van der Waals surface area contributed by atoms with Crippen molar-refractivity contribution < 1.29 is 159 Å². The first-order valence-corrected chi connectivity index (χ1v) is 47.6. The van der Waals surface area contributed by atoms with Crippen LogP contribution in [0.15, 0.2) is 170 Å². The number of hydrogen-bond donors (Lipinski definition) is 25. The molecule has 0 aromatic heterocycles. The van der Waals surface area contributed by atoms with Gasteiger partial charge in [0, 0.05) is 93.7 Å². The van der Waals surface area contributed by atoms with Crippen LogP contribution in [0.25, 0.3) is 0 Å². The lowest BCUT2D eigenvalue weighted by Gasteiger charge is -2.46. The Balaban J connectivity index is 1.18. The molecule has 38 nitrogen and oxygen atoms in total. The van der Waals surface area contributed by atoms with Gasteiger partial charge in [0.15, 0.2) is 24.2 Å². The minimum absolute atomic E-state index is 0.0426. The number of carbonyl (C=O) groups is 5. The summed E-state index contributed by atoms with van der Waals surface area (Å²) in [5, 5.41) is 223. The van der Waals surface area contributed by atoms with Crippen molar-refractivity contribution in [3.8, 4) is 0 Å². The molecule has 0 aromatic rings. The summed E-state index contributed by atoms with van der Waals surface area (Å²) in [4.78, 5) is 67.1. The Kier molecular flexibility index (Phi) is 51.9. The molecule has 6 heterocycles. The van der Waals surface area contributed by atoms with Crippen molar-refractivity contribution in [2.75, 3.05) is 19.6 Å². The molecule has 0 saturated carbocycles. The number of carboxylic acids is 1. The number of hydrogen-bond acceptors (Lipinski definition) is 35. The first kappa shape index (κ1) is 118. The monoisotopic (exact) mass is 1940 g/mol. The summed E-state index contributed by atoms with van der Waals surface area (Å²) in [6.45, 7) is 12.9. The van der Waals surface area contributed by atoms with Gasteiger partial charge in [0.2, 0.25) is 11.8 Å². The third kappa shape index (κ3) is 41.2. The number of aliphatic hydroxyl groups is 18. The number of carbonyl (C=O) groups excluding carboxylic acids is 4. The Morgan fingerprint density at radius 1 is 0.387 bits per heavy atom. The van der Waals surface area contributed by atoms with E-state index in [2.05, 4.69) is 16.0 Å². The summed E-state index contributed by atoms with van der Waals surface area (Å²) in [5.41, 5.74) is 19.3. The second-order valence-corrected chi connectivity index (χ2v) is 37.3. The second-order valence-electron chi connectivity index (χ2n) is 37.3. The number of fused-ring (bicyclic) bond motifs is 4. The lowest BCUT2D eigenvalue weighted by atomic mass is 9.82. The van der Waals surface area contributed by atoms with Gasteiger partial charge in [-0.15, -0.1) is 0 Å². The molecular weight excluding hydrogens is 1790 g/mol. The highest BCUT2D eigenvalue weighted by Gasteiger charge is 2.54. The van der Waals surface area contributed by atoms with Crippen molar-refractivity contribution >= 4 is 29.7 Å². The molecule has 0 aromatic carbocycles. The van der Waals surface area contributed by atoms with Crippen molar-refractivity contribution in [1.29, 1.82) is 0 Å². The van der Waals surface area contributed by atoms with Crippen LogP contribution in [0.3, 0.4) is 0 Å². The van der Waals surface area contributed by atoms with Crippen molar-refractivity contribution in [3.05, 3.63) is 170 Å². The molecule has 28 N–H and O–H groups in total. The van der Waals surface area contributed by atoms with E-state index >= 15 is 0 Å². The van der Waals surface area contributed by atoms with Crippen LogP contribution in [-0.4, -0.2) is 341 Å². The smallest absolute Gasteiger partial charge is 0.311 e. The Morgan fingerprint density at radius 3 is 1.15 bits per heavy atom. The topological polar surface area (TPSA) is 658 Å². The quantitative estimate of drug-likeness (QED) is 0.0884. The number of aliphatic hydroxyl groups excluding tert-OH is 16. The average Bonchev–Trinajstić information content (AvgIpc) is 0.782. The lowest BCUT2D eigenvalue weighted by molar-refractivity contribution is -0.307. The lowest BCUT2D eigenvalue weighted by Crippen LogP contribution is -2.66. The number of nitrogens with two attached hydrogens (primary N) is 3. The number of allylic oxidation sites excluding steroid dienone is 24. The highest BCUT2D eigenvalue weighted by atomic mass is 16.7. The van der Waals surface area contributed by atoms with Gasteiger partial charge in [0.25, 0.3) is 0 Å². The average molecular weight is 1940 g/mol. The number of ether oxygens (including phenoxy) is 8. The largest absolute Gasteiger partial charge is 0.481 e. The summed E-state index contributed by atoms with van der Waals surface area (Å²) in [5.74, 6) is -14.7. The zero-order valence-electron chi connectivity index (χ0n) is 79.6. The fourth-order valence-electron chi connectivity index (χ4n) is 17.2. The van der Waals surface area contributed by atoms with Crippen molar-refractivity contribution in [3.63, 3.8) is 0 Å². The van der Waals surface area contributed by atoms with Crippen LogP contribution in [0.4, 0.5) is 0 Å². The predicted octanol–water partition coefficient (Wildman–Crippen LogP) is 0.539. The molecule has 6 rings (SSSR count). The fraction of sp³-hybridized carbons (Fsp3) is 0.667. The number of aliphatic carboxylic acids is 1. The molecule has 4 bridgehead atoms. The van der Waals surface area contributed by atoms with E-state index in [4.69, 9.17) is 55.1 Å². The van der Waals surface area contributed by atoms with Crippen LogP contribution in [0.5, 0.6) is 0 Å². The van der Waals surface area contributed by atoms with Gasteiger partial charge in [-0.3, -0.25) is 24.0 Å². The normalized spacial score (nSPS) is 42.2. The summed E-state index contributed by atoms with van der Waals surface area (Å²) < 4.78 is 48.5. The van der Waals surface area contributed by atoms with Gasteiger partial charge in [-0.2, -0.15) is 0 Å². The molecule has 0 aliphatic carbocycles. The van der Waals surface area contributed by atoms with Crippen LogP contribution in [-0.2, 0) is 61.9 Å². The maximum absolute atomic E-state index is 14.6. The standard InChI is InChI=1S/C99H156N6O32/c1-57-34-29-25-21-17-13-9-11-15-19-23-27-31-36-71(134-96-92(123)88(102)86(100)63(7)132-96)50-79-84(77(116)54-98(128,136-79)52-69(110)46-75(114)73(112)40-38-65(106)44-67(108)48-82(119)130-61(5)59(3)90(57)121)94(125)105-56-81(118)103-42-33-43-104-89-87(101)64(8)133-97(93(89)124)135-72-37-32-28-24-20-16-12-10-14-18-22-26-30-35-58(2)91(122)60(4)62(6)131-83(120)49-68(109)45-66(107)39-41-74(113)76(115)47-70(111)53-99(129)55-78(117)85(95(126)127)80(51-72)137-99/h9-32,34-37,57-80,84-93,96-97,104,106-117,121-124,128-129H,33,38-56,100-102H2,1-8H3,(H,103,118)(H,105,125)(H,126,127)/b11-9+,12-10?,17-13+,18-14?,19-15+,20-16?,25-21+,26-22?,27-23+,28-24?,34-29+,35-30?,36-31+,37-32?/t57-,58-,59-,60-,61-,62-,63+,64+,65+,66+,67+,68+,69-,70-,71-,72-,73+,74+,75+,76+,77-,78-,79-,80-,84+,85+,86+,87+,88-,89-,90+,91+,92-,93-,96-,97-,98+,99+/m0/s1. The zero-order valence-corrected chi connectivity index (χ0v) is 79.6. The Hall–Kier alpha value is -7.41. The number of nitrogens with one attached hydrogen (secondary N) is 3. The minimum Gasteiger partial charge on any atom is -0.481 e. The van der Waals surface area contributed by atoms with E-state index in [0.717, 1.165) is 0 Å². The first-order chi connectivity index (χ1) is 64.8. The minimum atomic E-state index is -2.48. The number of amides is 2. The van der Waals surface area contributed by atoms with Gasteiger partial charge >= 0.3 is 17.9 Å². The van der Waals surface area contributed by atoms with E-state index in [1.165, 1.54) is 12.2 Å². The van der Waals surface area contributed by atoms with Crippen LogP contribution in [0, 0.1) is 35.5 Å². The molecule has 6 aliphatic heterocycles. The maximum Gasteiger partial charge on any atom is 0.311 e. The van der Waals surface area contributed by atoms with E-state index in [-0.39, 0.29) is 69.9 Å². The second kappa shape index (κ2) is 60.1. The molecular formula is C99H156N6O32. The molecule has 774 valence electrons. The molecule has 0 unspecified atom stereocenters. The Bertz CT molecular complexity index is 4070. The van der Waals surface area contributed by atoms with Crippen molar-refractivity contribution in [2.24, 2.45) is 52.7 Å². The molecule has 2 amide bonds. The fourth-order valence-corrected chi connectivity index (χ4v) is 17.2. The Labute approximate surface area is 802 Å². The van der Waals surface area contributed by atoms with Gasteiger partial charge in [-0.25, -0.2) is 0 Å². The van der Waals surface area contributed by atoms with Crippen molar-refractivity contribution in [1.82, 2.24) is 16.0 Å². The summed E-state index contributed by atoms with van der Waals surface area (Å²) in [7, 11) is 0. The van der Waals surface area contributed by atoms with Gasteiger partial charge in [-0.1, -0.05) is 198 Å². The zero-order chi connectivity index (χ0) is 101. The Morgan fingerprint density at radius 2 is 0.752 bits per heavy atom. The molecule has 4 fully saturated rings. The van der Waals surface area contributed by atoms with E-state index in [0.29, 0.717) is 0 Å². The summed E-state index contributed by atoms with van der Waals surface area (Å²) in [6, 6.07) is -3.77. The highest BCUT2D eigenvalue weighted by Crippen LogP contribution is 2.41. The molecule has 137 heavy (non-hydrogen) atoms. The molecule has 38 atom stereocenters. The van der Waals surface area contributed by atoms with Gasteiger partial charge < -0.3 is 168 Å². The maximum atomic E-state index is 14.6. The summed E-state index contributed by atoms with van der Waals surface area (Å²) >= 11 is 0. The summed E-state index contributed by atoms with van der Waals surface area (Å²) in [6.07, 6.45) is 5.47. The number of carboxylic acid groups (broad SMARTS) is 1. The molecule has 4 saturated heterocycles. The van der Waals surface area contributed by atoms with Gasteiger partial charge in [-0.05, 0) is 79.2 Å². The van der Waals surface area contributed by atoms with Crippen LogP contribution >= 0.6 is 0 Å². The van der Waals surface area contributed by atoms with Crippen LogP contribution < -0.4 is 33.2 Å². The van der Waals surface area contributed by atoms with Crippen LogP contribution in [0.1, 0.15) is 165 Å². The molecule has 38 heteroatoms. The third-order valence-corrected chi connectivity index (χ3v) is 25.7. The SMILES string of the molecule is C[C@@H]1[C@H](O)[C@@H](C)C=CC=CC=CC=CC=CC=CC=C[C@H](O[C@@H]2O[C@H](C)[C@@H](N)[C@H](NCCCNC(=O)CNC(=O)[C@H]3[C@@H]4C[C@@H](O[C@@H]5O[C@H](C)[C@@H](N)[C@H](N)[C@@H]5O)/C=C/C=C/C=C/C=C/C=C/C=C/C=C/[C@H](C)[C@@H](O)[C@@H](C)[C@H](C)OC(=O)C[C@H](O)C[C@H](O)CC[C@@H](O)[C@H](O)C[C@H](O)C[C@](O)(C[C@@H]3O)O4)[C@@H]2O)C[C@@H]2O[C@](O)(C[C@@H](O)C[C@@H](O)[C@H](O)CC[C@@H](O)C[C@@H](O)CC(=O)O[C@H]1C)C[C@H](O)[C@H]2C(=O)O. The molecule has 0 spiro atoms. The van der Waals surface area contributed by atoms with E-state index in [1.807, 2.05) is 6.92 Å². The number of cyclic esters (lactones) is 2.